The van der Waals surface area contributed by atoms with Crippen LogP contribution in [0.5, 0.6) is 5.75 Å². The lowest BCUT2D eigenvalue weighted by molar-refractivity contribution is 0.201. The molecule has 0 unspecified atom stereocenters. The van der Waals surface area contributed by atoms with Crippen molar-refractivity contribution in [2.24, 2.45) is 0 Å². The summed E-state index contributed by atoms with van der Waals surface area (Å²) < 4.78 is 6.66. The number of benzene rings is 1. The molecule has 1 heterocycles. The van der Waals surface area contributed by atoms with Crippen molar-refractivity contribution in [3.63, 3.8) is 0 Å². The summed E-state index contributed by atoms with van der Waals surface area (Å²) in [4.78, 5) is 16.0. The number of hydrogen-bond acceptors (Lipinski definition) is 3. The Labute approximate surface area is 99.9 Å². The van der Waals surface area contributed by atoms with E-state index in [2.05, 4.69) is 4.98 Å². The molecule has 88 valence electrons. The van der Waals surface area contributed by atoms with Crippen LogP contribution in [0.15, 0.2) is 42.7 Å². The minimum absolute atomic E-state index is 0.174. The Bertz CT molecular complexity index is 503. The van der Waals surface area contributed by atoms with Crippen LogP contribution in [-0.2, 0) is 0 Å². The Morgan fingerprint density at radius 1 is 1.29 bits per heavy atom. The number of para-hydroxylation sites is 1. The van der Waals surface area contributed by atoms with E-state index in [1.54, 1.807) is 24.5 Å². The molecule has 0 bridgehead atoms. The van der Waals surface area contributed by atoms with Gasteiger partial charge in [-0.2, -0.15) is 0 Å². The lowest BCUT2D eigenvalue weighted by Crippen LogP contribution is -2.19. The molecule has 0 fully saturated rings. The molecule has 1 aromatic heterocycles. The zero-order valence-corrected chi connectivity index (χ0v) is 9.83. The maximum absolute atomic E-state index is 11.9. The summed E-state index contributed by atoms with van der Waals surface area (Å²) in [5.41, 5.74) is 0. The number of aromatic nitrogens is 2. The van der Waals surface area contributed by atoms with E-state index >= 15 is 0 Å². The third kappa shape index (κ3) is 2.53. The SMILES string of the molecule is CC(C)c1nccn1C(=O)Oc1ccccc1. The molecule has 0 aliphatic heterocycles. The third-order valence-corrected chi connectivity index (χ3v) is 2.33. The molecule has 0 aliphatic carbocycles. The molecule has 0 saturated carbocycles. The van der Waals surface area contributed by atoms with Gasteiger partial charge in [-0.1, -0.05) is 32.0 Å². The maximum Gasteiger partial charge on any atom is 0.424 e. The van der Waals surface area contributed by atoms with Crippen molar-refractivity contribution >= 4 is 6.09 Å². The molecule has 0 atom stereocenters. The van der Waals surface area contributed by atoms with Crippen molar-refractivity contribution in [2.45, 2.75) is 19.8 Å². The Hall–Kier alpha value is -2.10. The number of nitrogens with zero attached hydrogens (tertiary/aromatic N) is 2. The molecule has 17 heavy (non-hydrogen) atoms. The van der Waals surface area contributed by atoms with Gasteiger partial charge in [0.1, 0.15) is 11.6 Å². The Morgan fingerprint density at radius 3 is 2.65 bits per heavy atom. The molecule has 0 aliphatic rings. The Morgan fingerprint density at radius 2 is 2.00 bits per heavy atom. The van der Waals surface area contributed by atoms with Gasteiger partial charge < -0.3 is 4.74 Å². The van der Waals surface area contributed by atoms with E-state index in [4.69, 9.17) is 4.74 Å². The number of carbonyl (C=O) groups is 1. The first-order chi connectivity index (χ1) is 8.18. The van der Waals surface area contributed by atoms with Crippen molar-refractivity contribution in [2.75, 3.05) is 0 Å². The molecule has 1 aromatic carbocycles. The largest absolute Gasteiger partial charge is 0.424 e. The average Bonchev–Trinajstić information content (AvgIpc) is 2.79. The number of imidazole rings is 1. The van der Waals surface area contributed by atoms with Crippen LogP contribution < -0.4 is 4.74 Å². The van der Waals surface area contributed by atoms with Gasteiger partial charge in [-0.3, -0.25) is 0 Å². The van der Waals surface area contributed by atoms with Crippen molar-refractivity contribution in [1.82, 2.24) is 9.55 Å². The van der Waals surface area contributed by atoms with E-state index in [1.807, 2.05) is 32.0 Å². The van der Waals surface area contributed by atoms with Gasteiger partial charge in [0, 0.05) is 18.3 Å². The molecule has 0 radical (unpaired) electrons. The van der Waals surface area contributed by atoms with E-state index in [1.165, 1.54) is 4.57 Å². The van der Waals surface area contributed by atoms with Gasteiger partial charge in [0.2, 0.25) is 0 Å². The van der Waals surface area contributed by atoms with Gasteiger partial charge in [-0.15, -0.1) is 0 Å². The fourth-order valence-corrected chi connectivity index (χ4v) is 1.54. The summed E-state index contributed by atoms with van der Waals surface area (Å²) >= 11 is 0. The molecule has 2 rings (SSSR count). The van der Waals surface area contributed by atoms with Crippen LogP contribution in [0.4, 0.5) is 4.79 Å². The van der Waals surface area contributed by atoms with Crippen LogP contribution in [0.2, 0.25) is 0 Å². The summed E-state index contributed by atoms with van der Waals surface area (Å²) in [6, 6.07) is 8.99. The zero-order valence-electron chi connectivity index (χ0n) is 9.83. The summed E-state index contributed by atoms with van der Waals surface area (Å²) in [5.74, 6) is 1.40. The van der Waals surface area contributed by atoms with E-state index in [0.717, 1.165) is 0 Å². The van der Waals surface area contributed by atoms with Crippen molar-refractivity contribution in [1.29, 1.82) is 0 Å². The Kier molecular flexibility index (Phi) is 3.23. The van der Waals surface area contributed by atoms with Crippen LogP contribution >= 0.6 is 0 Å². The van der Waals surface area contributed by atoms with Gasteiger partial charge in [0.15, 0.2) is 0 Å². The predicted molar refractivity (Wildman–Crippen MR) is 64.2 cm³/mol. The minimum atomic E-state index is -0.433. The first-order valence-corrected chi connectivity index (χ1v) is 5.49. The van der Waals surface area contributed by atoms with E-state index in [0.29, 0.717) is 11.6 Å². The minimum Gasteiger partial charge on any atom is -0.410 e. The van der Waals surface area contributed by atoms with Gasteiger partial charge in [-0.25, -0.2) is 14.3 Å². The van der Waals surface area contributed by atoms with Gasteiger partial charge in [-0.05, 0) is 12.1 Å². The van der Waals surface area contributed by atoms with E-state index in [9.17, 15) is 4.79 Å². The highest BCUT2D eigenvalue weighted by Gasteiger charge is 2.14. The standard InChI is InChI=1S/C13H14N2O2/c1-10(2)12-14-8-9-15(12)13(16)17-11-6-4-3-5-7-11/h3-10H,1-2H3. The molecule has 2 aromatic rings. The summed E-state index contributed by atoms with van der Waals surface area (Å²) in [7, 11) is 0. The maximum atomic E-state index is 11.9. The quantitative estimate of drug-likeness (QED) is 0.796. The highest BCUT2D eigenvalue weighted by Crippen LogP contribution is 2.14. The Balaban J connectivity index is 2.18. The third-order valence-electron chi connectivity index (χ3n) is 2.33. The fourth-order valence-electron chi connectivity index (χ4n) is 1.54. The van der Waals surface area contributed by atoms with Crippen LogP contribution in [0.1, 0.15) is 25.6 Å². The average molecular weight is 230 g/mol. The molecule has 0 amide bonds. The molecule has 0 saturated heterocycles. The first kappa shape index (κ1) is 11.4. The zero-order chi connectivity index (χ0) is 12.3. The molecule has 4 heteroatoms. The number of carbonyl (C=O) groups excluding carboxylic acids is 1. The van der Waals surface area contributed by atoms with Crippen molar-refractivity contribution in [3.05, 3.63) is 48.5 Å². The predicted octanol–water partition coefficient (Wildman–Crippen LogP) is 3.05. The van der Waals surface area contributed by atoms with E-state index in [-0.39, 0.29) is 5.92 Å². The van der Waals surface area contributed by atoms with Gasteiger partial charge >= 0.3 is 6.09 Å². The lowest BCUT2D eigenvalue weighted by Gasteiger charge is -2.09. The smallest absolute Gasteiger partial charge is 0.410 e. The van der Waals surface area contributed by atoms with Crippen LogP contribution in [0.25, 0.3) is 0 Å². The topological polar surface area (TPSA) is 44.1 Å². The second kappa shape index (κ2) is 4.82. The van der Waals surface area contributed by atoms with Crippen LogP contribution in [0, 0.1) is 0 Å². The van der Waals surface area contributed by atoms with E-state index < -0.39 is 6.09 Å². The van der Waals surface area contributed by atoms with Gasteiger partial charge in [0.05, 0.1) is 0 Å². The lowest BCUT2D eigenvalue weighted by atomic mass is 10.2. The molecule has 4 nitrogen and oxygen atoms in total. The van der Waals surface area contributed by atoms with Crippen molar-refractivity contribution in [3.8, 4) is 5.75 Å². The summed E-state index contributed by atoms with van der Waals surface area (Å²) in [5, 5.41) is 0. The van der Waals surface area contributed by atoms with Crippen LogP contribution in [0.3, 0.4) is 0 Å². The highest BCUT2D eigenvalue weighted by atomic mass is 16.6. The fraction of sp³-hybridized carbons (Fsp3) is 0.231. The normalized spacial score (nSPS) is 10.5. The summed E-state index contributed by atoms with van der Waals surface area (Å²) in [6.07, 6.45) is 2.78. The second-order valence-electron chi connectivity index (χ2n) is 3.99. The van der Waals surface area contributed by atoms with Gasteiger partial charge in [0.25, 0.3) is 0 Å². The number of hydrogen-bond donors (Lipinski definition) is 0. The van der Waals surface area contributed by atoms with Crippen molar-refractivity contribution < 1.29 is 9.53 Å². The molecular formula is C13H14N2O2. The second-order valence-corrected chi connectivity index (χ2v) is 3.99. The molecular weight excluding hydrogens is 216 g/mol. The first-order valence-electron chi connectivity index (χ1n) is 5.49. The van der Waals surface area contributed by atoms with Crippen LogP contribution in [-0.4, -0.2) is 15.6 Å². The monoisotopic (exact) mass is 230 g/mol. The molecule has 0 spiro atoms. The number of rotatable bonds is 2. The number of ether oxygens (including phenoxy) is 1. The summed E-state index contributed by atoms with van der Waals surface area (Å²) in [6.45, 7) is 3.96. The molecule has 0 N–H and O–H groups in total. The highest BCUT2D eigenvalue weighted by molar-refractivity contribution is 5.73.